The third kappa shape index (κ3) is 3.58. The number of nitrogens with zero attached hydrogens (tertiary/aromatic N) is 2. The van der Waals surface area contributed by atoms with Crippen molar-refractivity contribution in [2.45, 2.75) is 32.7 Å². The molecule has 0 saturated carbocycles. The molecule has 0 amide bonds. The van der Waals surface area contributed by atoms with Crippen molar-refractivity contribution in [2.24, 2.45) is 0 Å². The fraction of sp³-hybridized carbons (Fsp3) is 0.412. The number of anilines is 1. The molecule has 2 heterocycles. The lowest BCUT2D eigenvalue weighted by atomic mass is 10.1. The summed E-state index contributed by atoms with van der Waals surface area (Å²) < 4.78 is 0. The van der Waals surface area contributed by atoms with Crippen molar-refractivity contribution in [3.8, 4) is 11.4 Å². The van der Waals surface area contributed by atoms with Gasteiger partial charge >= 0.3 is 0 Å². The number of benzene rings is 1. The molecule has 110 valence electrons. The molecule has 2 N–H and O–H groups in total. The molecule has 0 radical (unpaired) electrons. The lowest BCUT2D eigenvalue weighted by Gasteiger charge is -2.24. The Morgan fingerprint density at radius 2 is 1.76 bits per heavy atom. The number of hydrogen-bond donors (Lipinski definition) is 2. The Balaban J connectivity index is 1.83. The van der Waals surface area contributed by atoms with E-state index in [0.717, 1.165) is 48.8 Å². The molecular formula is C17H22N4. The van der Waals surface area contributed by atoms with Gasteiger partial charge in [-0.25, -0.2) is 9.97 Å². The van der Waals surface area contributed by atoms with Gasteiger partial charge in [0.15, 0.2) is 5.82 Å². The van der Waals surface area contributed by atoms with Crippen molar-refractivity contribution < 1.29 is 0 Å². The van der Waals surface area contributed by atoms with Crippen molar-refractivity contribution in [2.75, 3.05) is 18.4 Å². The number of piperidine rings is 1. The molecule has 1 aromatic carbocycles. The Morgan fingerprint density at radius 3 is 2.48 bits per heavy atom. The van der Waals surface area contributed by atoms with Crippen LogP contribution in [0.5, 0.6) is 0 Å². The first-order valence-corrected chi connectivity index (χ1v) is 7.61. The molecule has 0 aliphatic carbocycles. The molecule has 1 aliphatic rings. The highest BCUT2D eigenvalue weighted by Crippen LogP contribution is 2.19. The maximum Gasteiger partial charge on any atom is 0.161 e. The first-order valence-electron chi connectivity index (χ1n) is 7.61. The Hall–Kier alpha value is -1.94. The van der Waals surface area contributed by atoms with Crippen molar-refractivity contribution in [3.05, 3.63) is 41.6 Å². The summed E-state index contributed by atoms with van der Waals surface area (Å²) in [6.07, 6.45) is 2.28. The van der Waals surface area contributed by atoms with E-state index < -0.39 is 0 Å². The monoisotopic (exact) mass is 282 g/mol. The maximum absolute atomic E-state index is 4.68. The van der Waals surface area contributed by atoms with Crippen LogP contribution in [0.15, 0.2) is 30.3 Å². The summed E-state index contributed by atoms with van der Waals surface area (Å²) in [7, 11) is 0. The lowest BCUT2D eigenvalue weighted by Crippen LogP contribution is -2.35. The molecule has 0 unspecified atom stereocenters. The quantitative estimate of drug-likeness (QED) is 0.909. The highest BCUT2D eigenvalue weighted by atomic mass is 15.1. The zero-order valence-electron chi connectivity index (χ0n) is 12.7. The first kappa shape index (κ1) is 14.0. The molecule has 0 spiro atoms. The van der Waals surface area contributed by atoms with Crippen LogP contribution in [-0.4, -0.2) is 29.1 Å². The molecule has 1 aromatic heterocycles. The van der Waals surface area contributed by atoms with E-state index in [-0.39, 0.29) is 0 Å². The van der Waals surface area contributed by atoms with Crippen molar-refractivity contribution in [3.63, 3.8) is 0 Å². The Morgan fingerprint density at radius 1 is 1.05 bits per heavy atom. The maximum atomic E-state index is 4.68. The van der Waals surface area contributed by atoms with Gasteiger partial charge in [-0.05, 0) is 39.8 Å². The van der Waals surface area contributed by atoms with Gasteiger partial charge in [0.1, 0.15) is 5.82 Å². The van der Waals surface area contributed by atoms with Gasteiger partial charge in [-0.15, -0.1) is 0 Å². The van der Waals surface area contributed by atoms with Gasteiger partial charge in [-0.3, -0.25) is 0 Å². The van der Waals surface area contributed by atoms with Crippen LogP contribution in [0.3, 0.4) is 0 Å². The van der Waals surface area contributed by atoms with E-state index in [0.29, 0.717) is 6.04 Å². The summed E-state index contributed by atoms with van der Waals surface area (Å²) >= 11 is 0. The van der Waals surface area contributed by atoms with Crippen LogP contribution in [0.25, 0.3) is 11.4 Å². The van der Waals surface area contributed by atoms with Crippen LogP contribution in [0.4, 0.5) is 5.82 Å². The summed E-state index contributed by atoms with van der Waals surface area (Å²) in [5.41, 5.74) is 3.31. The minimum atomic E-state index is 0.506. The standard InChI is InChI=1S/C17H22N4/c1-12-3-5-14(6-4-12)17-19-13(2)11-16(21-17)20-15-7-9-18-10-8-15/h3-6,11,15,18H,7-10H2,1-2H3,(H,19,20,21). The molecule has 21 heavy (non-hydrogen) atoms. The van der Waals surface area contributed by atoms with E-state index >= 15 is 0 Å². The number of aromatic nitrogens is 2. The van der Waals surface area contributed by atoms with E-state index in [1.54, 1.807) is 0 Å². The molecule has 0 bridgehead atoms. The fourth-order valence-corrected chi connectivity index (χ4v) is 2.65. The summed E-state index contributed by atoms with van der Waals surface area (Å²) in [5.74, 6) is 1.73. The predicted molar refractivity (Wildman–Crippen MR) is 86.5 cm³/mol. The second-order valence-electron chi connectivity index (χ2n) is 5.75. The van der Waals surface area contributed by atoms with Crippen molar-refractivity contribution >= 4 is 5.82 Å². The van der Waals surface area contributed by atoms with E-state index in [9.17, 15) is 0 Å². The van der Waals surface area contributed by atoms with Crippen LogP contribution in [0.1, 0.15) is 24.1 Å². The third-order valence-corrected chi connectivity index (χ3v) is 3.86. The number of nitrogens with one attached hydrogen (secondary N) is 2. The molecule has 4 nitrogen and oxygen atoms in total. The van der Waals surface area contributed by atoms with Gasteiger partial charge in [0.25, 0.3) is 0 Å². The van der Waals surface area contributed by atoms with Gasteiger partial charge in [0.05, 0.1) is 0 Å². The highest BCUT2D eigenvalue weighted by molar-refractivity contribution is 5.58. The number of hydrogen-bond acceptors (Lipinski definition) is 4. The average Bonchev–Trinajstić information content (AvgIpc) is 2.48. The average molecular weight is 282 g/mol. The Kier molecular flexibility index (Phi) is 4.15. The predicted octanol–water partition coefficient (Wildman–Crippen LogP) is 2.92. The van der Waals surface area contributed by atoms with Crippen LogP contribution < -0.4 is 10.6 Å². The topological polar surface area (TPSA) is 49.8 Å². The summed E-state index contributed by atoms with van der Waals surface area (Å²) in [6.45, 7) is 6.26. The normalized spacial score (nSPS) is 15.9. The fourth-order valence-electron chi connectivity index (χ4n) is 2.65. The molecule has 0 atom stereocenters. The lowest BCUT2D eigenvalue weighted by molar-refractivity contribution is 0.478. The van der Waals surface area contributed by atoms with Crippen LogP contribution in [0.2, 0.25) is 0 Å². The van der Waals surface area contributed by atoms with Crippen LogP contribution >= 0.6 is 0 Å². The molecule has 1 fully saturated rings. The minimum absolute atomic E-state index is 0.506. The van der Waals surface area contributed by atoms with E-state index in [4.69, 9.17) is 0 Å². The van der Waals surface area contributed by atoms with Crippen LogP contribution in [-0.2, 0) is 0 Å². The number of rotatable bonds is 3. The summed E-state index contributed by atoms with van der Waals surface area (Å²) in [4.78, 5) is 9.25. The van der Waals surface area contributed by atoms with E-state index in [2.05, 4.69) is 51.8 Å². The second kappa shape index (κ2) is 6.22. The molecular weight excluding hydrogens is 260 g/mol. The molecule has 1 saturated heterocycles. The van der Waals surface area contributed by atoms with Gasteiger partial charge in [0, 0.05) is 23.4 Å². The Labute approximate surface area is 126 Å². The third-order valence-electron chi connectivity index (χ3n) is 3.86. The summed E-state index contributed by atoms with van der Waals surface area (Å²) in [6, 6.07) is 10.9. The van der Waals surface area contributed by atoms with Gasteiger partial charge in [-0.2, -0.15) is 0 Å². The van der Waals surface area contributed by atoms with Gasteiger partial charge in [0.2, 0.25) is 0 Å². The smallest absolute Gasteiger partial charge is 0.161 e. The van der Waals surface area contributed by atoms with Crippen molar-refractivity contribution in [1.29, 1.82) is 0 Å². The molecule has 2 aromatic rings. The SMILES string of the molecule is Cc1ccc(-c2nc(C)cc(NC3CCNCC3)n2)cc1. The number of aryl methyl sites for hydroxylation is 2. The largest absolute Gasteiger partial charge is 0.367 e. The second-order valence-corrected chi connectivity index (χ2v) is 5.75. The van der Waals surface area contributed by atoms with E-state index in [1.165, 1.54) is 5.56 Å². The Bertz CT molecular complexity index is 601. The zero-order chi connectivity index (χ0) is 14.7. The van der Waals surface area contributed by atoms with Gasteiger partial charge in [-0.1, -0.05) is 29.8 Å². The molecule has 3 rings (SSSR count). The molecule has 4 heteroatoms. The highest BCUT2D eigenvalue weighted by Gasteiger charge is 2.14. The first-order chi connectivity index (χ1) is 10.2. The van der Waals surface area contributed by atoms with Crippen molar-refractivity contribution in [1.82, 2.24) is 15.3 Å². The minimum Gasteiger partial charge on any atom is -0.367 e. The van der Waals surface area contributed by atoms with E-state index in [1.807, 2.05) is 13.0 Å². The molecule has 1 aliphatic heterocycles. The zero-order valence-corrected chi connectivity index (χ0v) is 12.7. The van der Waals surface area contributed by atoms with Crippen LogP contribution in [0, 0.1) is 13.8 Å². The van der Waals surface area contributed by atoms with Gasteiger partial charge < -0.3 is 10.6 Å². The summed E-state index contributed by atoms with van der Waals surface area (Å²) in [5, 5.41) is 6.93.